The van der Waals surface area contributed by atoms with Crippen LogP contribution in [0.3, 0.4) is 0 Å². The third kappa shape index (κ3) is 3.45. The van der Waals surface area contributed by atoms with Gasteiger partial charge in [0.1, 0.15) is 0 Å². The number of hydrogen-bond donors (Lipinski definition) is 1. The van der Waals surface area contributed by atoms with E-state index in [1.807, 2.05) is 55.5 Å². The van der Waals surface area contributed by atoms with Gasteiger partial charge in [-0.05, 0) is 36.8 Å². The fraction of sp³-hybridized carbons (Fsp3) is 0.333. The van der Waals surface area contributed by atoms with Gasteiger partial charge >= 0.3 is 0 Å². The smallest absolute Gasteiger partial charge is 0.292 e. The summed E-state index contributed by atoms with van der Waals surface area (Å²) in [5.41, 5.74) is 2.76. The number of amides is 2. The number of carbonyl (C=O) groups excluding carboxylic acids is 2. The van der Waals surface area contributed by atoms with E-state index in [4.69, 9.17) is 11.6 Å². The molecule has 0 aromatic heterocycles. The van der Waals surface area contributed by atoms with Crippen molar-refractivity contribution in [2.24, 2.45) is 0 Å². The third-order valence-corrected chi connectivity index (χ3v) is 5.82. The summed E-state index contributed by atoms with van der Waals surface area (Å²) in [7, 11) is 0. The molecule has 1 atom stereocenters. The first kappa shape index (κ1) is 18.0. The van der Waals surface area contributed by atoms with E-state index in [-0.39, 0.29) is 24.3 Å². The highest BCUT2D eigenvalue weighted by Gasteiger charge is 2.46. The maximum absolute atomic E-state index is 13.0. The van der Waals surface area contributed by atoms with Crippen molar-refractivity contribution < 1.29 is 14.5 Å². The number of anilines is 2. The number of benzene rings is 2. The molecule has 2 fully saturated rings. The third-order valence-electron chi connectivity index (χ3n) is 5.50. The maximum Gasteiger partial charge on any atom is 0.292 e. The fourth-order valence-electron chi connectivity index (χ4n) is 4.08. The lowest BCUT2D eigenvalue weighted by Crippen LogP contribution is -3.19. The Hall–Kier alpha value is -2.37. The van der Waals surface area contributed by atoms with E-state index >= 15 is 0 Å². The predicted octanol–water partition coefficient (Wildman–Crippen LogP) is 1.69. The molecule has 2 amide bonds. The molecule has 2 saturated heterocycles. The average Bonchev–Trinajstić information content (AvgIpc) is 2.96. The largest absolute Gasteiger partial charge is 0.359 e. The number of aryl methyl sites for hydroxylation is 1. The van der Waals surface area contributed by atoms with Crippen molar-refractivity contribution in [3.63, 3.8) is 0 Å². The van der Waals surface area contributed by atoms with Gasteiger partial charge < -0.3 is 9.80 Å². The van der Waals surface area contributed by atoms with E-state index in [9.17, 15) is 9.59 Å². The summed E-state index contributed by atoms with van der Waals surface area (Å²) in [5.74, 6) is -0.177. The van der Waals surface area contributed by atoms with Crippen LogP contribution in [0.2, 0.25) is 5.02 Å². The lowest BCUT2D eigenvalue weighted by atomic mass is 10.1. The van der Waals surface area contributed by atoms with E-state index in [0.717, 1.165) is 42.5 Å². The lowest BCUT2D eigenvalue weighted by molar-refractivity contribution is -0.915. The van der Waals surface area contributed by atoms with Gasteiger partial charge in [0, 0.05) is 0 Å². The summed E-state index contributed by atoms with van der Waals surface area (Å²) in [5, 5.41) is 0.749. The first-order valence-corrected chi connectivity index (χ1v) is 9.70. The second-order valence-electron chi connectivity index (χ2n) is 7.26. The number of para-hydroxylation sites is 1. The first-order valence-electron chi connectivity index (χ1n) is 9.32. The number of rotatable bonds is 3. The van der Waals surface area contributed by atoms with Crippen LogP contribution in [-0.2, 0) is 9.59 Å². The van der Waals surface area contributed by atoms with Crippen molar-refractivity contribution in [2.75, 3.05) is 36.0 Å². The fourth-order valence-corrected chi connectivity index (χ4v) is 4.34. The standard InChI is InChI=1S/C21H22ClN3O2/c1-15-5-4-6-16(13-15)25-20(26)14-19(21(25)27)24-11-9-23(10-12-24)18-8-3-2-7-17(18)22/h2-8,13,19H,9-12,14H2,1H3/p+1/t19-/m0/s1. The van der Waals surface area contributed by atoms with Crippen LogP contribution in [0, 0.1) is 6.92 Å². The lowest BCUT2D eigenvalue weighted by Gasteiger charge is -2.36. The molecule has 2 aromatic carbocycles. The maximum atomic E-state index is 13.0. The topological polar surface area (TPSA) is 45.1 Å². The zero-order valence-corrected chi connectivity index (χ0v) is 16.1. The Morgan fingerprint density at radius 3 is 2.48 bits per heavy atom. The highest BCUT2D eigenvalue weighted by atomic mass is 35.5. The van der Waals surface area contributed by atoms with Crippen molar-refractivity contribution in [1.82, 2.24) is 0 Å². The van der Waals surface area contributed by atoms with Gasteiger partial charge in [0.2, 0.25) is 5.91 Å². The molecule has 1 N–H and O–H groups in total. The number of nitrogens with one attached hydrogen (secondary N) is 1. The SMILES string of the molecule is Cc1cccc(N2C(=O)C[C@H]([NH+]3CCN(c4ccccc4Cl)CC3)C2=O)c1. The number of quaternary nitrogens is 1. The minimum Gasteiger partial charge on any atom is -0.359 e. The first-order chi connectivity index (χ1) is 13.0. The van der Waals surface area contributed by atoms with Crippen molar-refractivity contribution in [3.05, 3.63) is 59.1 Å². The summed E-state index contributed by atoms with van der Waals surface area (Å²) >= 11 is 6.31. The summed E-state index contributed by atoms with van der Waals surface area (Å²) in [6.45, 7) is 5.24. The van der Waals surface area contributed by atoms with E-state index in [2.05, 4.69) is 4.90 Å². The zero-order chi connectivity index (χ0) is 19.0. The minimum atomic E-state index is -0.286. The molecule has 140 valence electrons. The van der Waals surface area contributed by atoms with Crippen LogP contribution in [0.4, 0.5) is 11.4 Å². The molecular formula is C21H23ClN3O2+. The number of piperazine rings is 1. The molecule has 2 aliphatic rings. The Balaban J connectivity index is 1.45. The van der Waals surface area contributed by atoms with Crippen LogP contribution >= 0.6 is 11.6 Å². The Morgan fingerprint density at radius 1 is 1.04 bits per heavy atom. The number of nitrogens with zero attached hydrogens (tertiary/aromatic N) is 2. The summed E-state index contributed by atoms with van der Waals surface area (Å²) in [6.07, 6.45) is 0.286. The van der Waals surface area contributed by atoms with E-state index in [1.54, 1.807) is 0 Å². The van der Waals surface area contributed by atoms with E-state index in [1.165, 1.54) is 9.80 Å². The van der Waals surface area contributed by atoms with Crippen LogP contribution in [0.1, 0.15) is 12.0 Å². The van der Waals surface area contributed by atoms with Crippen molar-refractivity contribution >= 4 is 34.8 Å². The normalized spacial score (nSPS) is 21.2. The molecule has 2 aliphatic heterocycles. The van der Waals surface area contributed by atoms with Crippen LogP contribution in [0.25, 0.3) is 0 Å². The molecule has 0 unspecified atom stereocenters. The van der Waals surface area contributed by atoms with Crippen molar-refractivity contribution in [2.45, 2.75) is 19.4 Å². The van der Waals surface area contributed by atoms with Crippen molar-refractivity contribution in [3.8, 4) is 0 Å². The van der Waals surface area contributed by atoms with Crippen LogP contribution in [0.5, 0.6) is 0 Å². The number of halogens is 1. The van der Waals surface area contributed by atoms with Gasteiger partial charge in [0.15, 0.2) is 6.04 Å². The van der Waals surface area contributed by atoms with Gasteiger partial charge in [-0.2, -0.15) is 0 Å². The minimum absolute atomic E-state index is 0.0770. The summed E-state index contributed by atoms with van der Waals surface area (Å²) in [4.78, 5) is 30.3. The molecular weight excluding hydrogens is 362 g/mol. The summed E-state index contributed by atoms with van der Waals surface area (Å²) < 4.78 is 0. The quantitative estimate of drug-likeness (QED) is 0.819. The average molecular weight is 385 g/mol. The second kappa shape index (κ2) is 7.33. The van der Waals surface area contributed by atoms with Crippen LogP contribution < -0.4 is 14.7 Å². The Bertz CT molecular complexity index is 877. The molecule has 0 aliphatic carbocycles. The molecule has 0 saturated carbocycles. The number of carbonyl (C=O) groups is 2. The number of imide groups is 1. The molecule has 6 heteroatoms. The van der Waals surface area contributed by atoms with Gasteiger partial charge in [0.05, 0.1) is 49.0 Å². The Morgan fingerprint density at radius 2 is 1.78 bits per heavy atom. The van der Waals surface area contributed by atoms with Gasteiger partial charge in [-0.25, -0.2) is 4.90 Å². The van der Waals surface area contributed by atoms with Gasteiger partial charge in [-0.1, -0.05) is 35.9 Å². The molecule has 2 aromatic rings. The number of hydrogen-bond acceptors (Lipinski definition) is 3. The molecule has 4 rings (SSSR count). The van der Waals surface area contributed by atoms with Gasteiger partial charge in [-0.3, -0.25) is 9.59 Å². The molecule has 0 spiro atoms. The van der Waals surface area contributed by atoms with Gasteiger partial charge in [-0.15, -0.1) is 0 Å². The monoisotopic (exact) mass is 384 g/mol. The highest BCUT2D eigenvalue weighted by molar-refractivity contribution is 6.33. The molecule has 27 heavy (non-hydrogen) atoms. The molecule has 0 bridgehead atoms. The highest BCUT2D eigenvalue weighted by Crippen LogP contribution is 2.26. The second-order valence-corrected chi connectivity index (χ2v) is 7.67. The van der Waals surface area contributed by atoms with E-state index < -0.39 is 0 Å². The zero-order valence-electron chi connectivity index (χ0n) is 15.3. The molecule has 5 nitrogen and oxygen atoms in total. The van der Waals surface area contributed by atoms with E-state index in [0.29, 0.717) is 5.69 Å². The van der Waals surface area contributed by atoms with Crippen LogP contribution in [0.15, 0.2) is 48.5 Å². The predicted molar refractivity (Wildman–Crippen MR) is 106 cm³/mol. The summed E-state index contributed by atoms with van der Waals surface area (Å²) in [6, 6.07) is 15.1. The van der Waals surface area contributed by atoms with Crippen LogP contribution in [-0.4, -0.2) is 44.0 Å². The Labute approximate surface area is 164 Å². The molecule has 0 radical (unpaired) electrons. The molecule has 2 heterocycles. The van der Waals surface area contributed by atoms with Gasteiger partial charge in [0.25, 0.3) is 5.91 Å². The van der Waals surface area contributed by atoms with Crippen molar-refractivity contribution in [1.29, 1.82) is 0 Å². The Kier molecular flexibility index (Phi) is 4.89.